The van der Waals surface area contributed by atoms with Crippen LogP contribution in [0.1, 0.15) is 335 Å². The number of carbonyl (C=O) groups is 2. The van der Waals surface area contributed by atoms with Crippen molar-refractivity contribution >= 4 is 11.9 Å². The predicted octanol–water partition coefficient (Wildman–Crippen LogP) is 19.0. The average Bonchev–Trinajstić information content (AvgIpc) is 3.34. The maximum Gasteiger partial charge on any atom is 0.305 e. The number of rotatable bonds is 57. The van der Waals surface area contributed by atoms with E-state index in [-0.39, 0.29) is 18.5 Å². The lowest BCUT2D eigenvalue weighted by molar-refractivity contribution is -0.143. The van der Waals surface area contributed by atoms with Crippen molar-refractivity contribution in [2.45, 2.75) is 347 Å². The number of allylic oxidation sites excluding steroid dienone is 4. The van der Waals surface area contributed by atoms with Gasteiger partial charge < -0.3 is 20.3 Å². The average molecular weight is 959 g/mol. The summed E-state index contributed by atoms with van der Waals surface area (Å²) in [5.41, 5.74) is 0. The first-order valence-electron chi connectivity index (χ1n) is 30.6. The summed E-state index contributed by atoms with van der Waals surface area (Å²) in [6.45, 7) is 4.90. The molecule has 68 heavy (non-hydrogen) atoms. The van der Waals surface area contributed by atoms with E-state index in [1.165, 1.54) is 244 Å². The fourth-order valence-electron chi connectivity index (χ4n) is 9.54. The highest BCUT2D eigenvalue weighted by Gasteiger charge is 2.20. The van der Waals surface area contributed by atoms with E-state index in [0.717, 1.165) is 57.8 Å². The van der Waals surface area contributed by atoms with Gasteiger partial charge >= 0.3 is 5.97 Å². The molecule has 0 spiro atoms. The summed E-state index contributed by atoms with van der Waals surface area (Å²) < 4.78 is 5.46. The van der Waals surface area contributed by atoms with E-state index >= 15 is 0 Å². The summed E-state index contributed by atoms with van der Waals surface area (Å²) in [5.74, 6) is -0.0641. The minimum absolute atomic E-state index is 0.0191. The van der Waals surface area contributed by atoms with Gasteiger partial charge in [-0.3, -0.25) is 9.59 Å². The highest BCUT2D eigenvalue weighted by Crippen LogP contribution is 2.18. The summed E-state index contributed by atoms with van der Waals surface area (Å²) in [6, 6.07) is -0.553. The molecule has 1 amide bonds. The number of nitrogens with one attached hydrogen (secondary N) is 1. The first-order valence-corrected chi connectivity index (χ1v) is 30.6. The van der Waals surface area contributed by atoms with Crippen molar-refractivity contribution < 1.29 is 24.5 Å². The van der Waals surface area contributed by atoms with Gasteiger partial charge in [0.05, 0.1) is 25.4 Å². The molecule has 0 saturated heterocycles. The Bertz CT molecular complexity index is 1060. The van der Waals surface area contributed by atoms with Crippen molar-refractivity contribution in [1.82, 2.24) is 5.32 Å². The number of aliphatic hydroxyl groups excluding tert-OH is 2. The number of aliphatic hydroxyl groups is 2. The van der Waals surface area contributed by atoms with Gasteiger partial charge in [-0.1, -0.05) is 295 Å². The molecular weight excluding hydrogens is 839 g/mol. The van der Waals surface area contributed by atoms with Gasteiger partial charge in [-0.15, -0.1) is 0 Å². The monoisotopic (exact) mass is 958 g/mol. The second-order valence-corrected chi connectivity index (χ2v) is 21.0. The third-order valence-electron chi connectivity index (χ3n) is 14.3. The van der Waals surface area contributed by atoms with Crippen molar-refractivity contribution in [3.05, 3.63) is 24.3 Å². The van der Waals surface area contributed by atoms with E-state index in [0.29, 0.717) is 25.9 Å². The van der Waals surface area contributed by atoms with Crippen molar-refractivity contribution in [3.63, 3.8) is 0 Å². The molecule has 0 aliphatic rings. The third-order valence-corrected chi connectivity index (χ3v) is 14.3. The minimum Gasteiger partial charge on any atom is -0.466 e. The molecule has 0 aromatic rings. The minimum atomic E-state index is -0.675. The van der Waals surface area contributed by atoms with Crippen LogP contribution in [0.5, 0.6) is 0 Å². The predicted molar refractivity (Wildman–Crippen MR) is 296 cm³/mol. The normalized spacial score (nSPS) is 12.7. The van der Waals surface area contributed by atoms with E-state index < -0.39 is 12.1 Å². The van der Waals surface area contributed by atoms with Crippen LogP contribution in [-0.4, -0.2) is 47.4 Å². The molecule has 0 rings (SSSR count). The van der Waals surface area contributed by atoms with Gasteiger partial charge in [0.15, 0.2) is 0 Å². The number of esters is 1. The molecule has 0 heterocycles. The van der Waals surface area contributed by atoms with E-state index in [1.54, 1.807) is 0 Å². The molecule has 6 nitrogen and oxygen atoms in total. The molecule has 3 N–H and O–H groups in total. The molecule has 2 unspecified atom stereocenters. The van der Waals surface area contributed by atoms with E-state index in [1.807, 2.05) is 0 Å². The Kier molecular flexibility index (Phi) is 56.5. The second kappa shape index (κ2) is 57.9. The number of unbranched alkanes of at least 4 members (excludes halogenated alkanes) is 42. The van der Waals surface area contributed by atoms with Crippen LogP contribution >= 0.6 is 0 Å². The third kappa shape index (κ3) is 53.7. The second-order valence-electron chi connectivity index (χ2n) is 21.0. The molecule has 402 valence electrons. The Labute approximate surface area is 424 Å². The van der Waals surface area contributed by atoms with Crippen LogP contribution in [0.4, 0.5) is 0 Å². The zero-order chi connectivity index (χ0) is 49.3. The van der Waals surface area contributed by atoms with Crippen LogP contribution in [0.3, 0.4) is 0 Å². The molecular formula is C62H119NO5. The van der Waals surface area contributed by atoms with Crippen LogP contribution in [0.15, 0.2) is 24.3 Å². The number of carbonyl (C=O) groups excluding carboxylic acids is 2. The fraction of sp³-hybridized carbons (Fsp3) is 0.903. The molecule has 0 aromatic carbocycles. The van der Waals surface area contributed by atoms with Crippen LogP contribution in [0.25, 0.3) is 0 Å². The van der Waals surface area contributed by atoms with Crippen LogP contribution in [-0.2, 0) is 14.3 Å². The number of hydrogen-bond acceptors (Lipinski definition) is 5. The number of hydrogen-bond donors (Lipinski definition) is 3. The van der Waals surface area contributed by atoms with Crippen LogP contribution < -0.4 is 5.32 Å². The molecule has 0 radical (unpaired) electrons. The molecule has 0 saturated carbocycles. The Morgan fingerprint density at radius 1 is 0.412 bits per heavy atom. The maximum absolute atomic E-state index is 12.5. The lowest BCUT2D eigenvalue weighted by atomic mass is 10.0. The molecule has 0 fully saturated rings. The van der Waals surface area contributed by atoms with E-state index in [2.05, 4.69) is 43.5 Å². The number of amides is 1. The Balaban J connectivity index is 3.44. The van der Waals surface area contributed by atoms with E-state index in [9.17, 15) is 19.8 Å². The first-order chi connectivity index (χ1) is 33.5. The largest absolute Gasteiger partial charge is 0.466 e. The number of ether oxygens (including phenoxy) is 1. The topological polar surface area (TPSA) is 95.9 Å². The Morgan fingerprint density at radius 3 is 1.16 bits per heavy atom. The summed E-state index contributed by atoms with van der Waals surface area (Å²) in [5, 5.41) is 23.4. The van der Waals surface area contributed by atoms with Crippen LogP contribution in [0, 0.1) is 0 Å². The lowest BCUT2D eigenvalue weighted by Gasteiger charge is -2.22. The molecule has 0 bridgehead atoms. The Hall–Kier alpha value is -1.66. The van der Waals surface area contributed by atoms with Crippen molar-refractivity contribution in [3.8, 4) is 0 Å². The van der Waals surface area contributed by atoms with Gasteiger partial charge in [0.25, 0.3) is 0 Å². The molecule has 0 aliphatic heterocycles. The standard InChI is InChI=1S/C62H119NO5/c1-3-5-7-9-11-13-15-17-19-20-21-22-23-24-25-26-27-28-30-34-38-42-46-50-54-60(65)59(58-64)63-61(66)55-51-47-43-39-35-31-29-33-37-41-45-49-53-57-68-62(67)56-52-48-44-40-36-32-18-16-14-12-10-8-6-4-2/h10,12,16,18,59-60,64-65H,3-9,11,13-15,17,19-58H2,1-2H3,(H,63,66)/b12-10-,18-16-. The summed E-state index contributed by atoms with van der Waals surface area (Å²) in [6.07, 6.45) is 70.3. The summed E-state index contributed by atoms with van der Waals surface area (Å²) in [4.78, 5) is 24.6. The van der Waals surface area contributed by atoms with Gasteiger partial charge in [-0.2, -0.15) is 0 Å². The molecule has 0 aliphatic carbocycles. The molecule has 0 aromatic heterocycles. The zero-order valence-corrected chi connectivity index (χ0v) is 45.9. The smallest absolute Gasteiger partial charge is 0.305 e. The summed E-state index contributed by atoms with van der Waals surface area (Å²) >= 11 is 0. The van der Waals surface area contributed by atoms with Crippen molar-refractivity contribution in [2.75, 3.05) is 13.2 Å². The zero-order valence-electron chi connectivity index (χ0n) is 45.9. The quantitative estimate of drug-likeness (QED) is 0.0321. The van der Waals surface area contributed by atoms with Crippen molar-refractivity contribution in [2.24, 2.45) is 0 Å². The van der Waals surface area contributed by atoms with Gasteiger partial charge in [0.2, 0.25) is 5.91 Å². The maximum atomic E-state index is 12.5. The van der Waals surface area contributed by atoms with Gasteiger partial charge in [0.1, 0.15) is 0 Å². The van der Waals surface area contributed by atoms with Gasteiger partial charge in [-0.05, 0) is 51.4 Å². The summed E-state index contributed by atoms with van der Waals surface area (Å²) in [7, 11) is 0. The Morgan fingerprint density at radius 2 is 0.750 bits per heavy atom. The molecule has 6 heteroatoms. The van der Waals surface area contributed by atoms with Crippen LogP contribution in [0.2, 0.25) is 0 Å². The lowest BCUT2D eigenvalue weighted by Crippen LogP contribution is -2.45. The van der Waals surface area contributed by atoms with Crippen molar-refractivity contribution in [1.29, 1.82) is 0 Å². The highest BCUT2D eigenvalue weighted by atomic mass is 16.5. The highest BCUT2D eigenvalue weighted by molar-refractivity contribution is 5.76. The SMILES string of the molecule is CCCC/C=C\C/C=C\CCCCCCCC(=O)OCCCCCCCCCCCCCCCC(=O)NC(CO)C(O)CCCCCCCCCCCCCCCCCCCCCCCCCC. The first kappa shape index (κ1) is 66.3. The molecule has 2 atom stereocenters. The van der Waals surface area contributed by atoms with Gasteiger partial charge in [-0.25, -0.2) is 0 Å². The van der Waals surface area contributed by atoms with E-state index in [4.69, 9.17) is 4.74 Å². The fourth-order valence-corrected chi connectivity index (χ4v) is 9.54. The van der Waals surface area contributed by atoms with Gasteiger partial charge in [0, 0.05) is 12.8 Å².